The number of carbonyl (C=O) groups excluding carboxylic acids is 1. The highest BCUT2D eigenvalue weighted by atomic mass is 35.5. The first kappa shape index (κ1) is 21.6. The van der Waals surface area contributed by atoms with E-state index in [2.05, 4.69) is 5.32 Å². The number of rotatable bonds is 6. The van der Waals surface area contributed by atoms with Gasteiger partial charge in [0.25, 0.3) is 10.2 Å². The number of hydrogen-bond donors (Lipinski definition) is 1. The SMILES string of the molecule is CN(C1CCCCC1)S(=O)(=O)N1CCC[C@H](C(=O)NCc2ccc(Cl)cc2)C1. The lowest BCUT2D eigenvalue weighted by atomic mass is 9.96. The first-order chi connectivity index (χ1) is 13.4. The lowest BCUT2D eigenvalue weighted by Crippen LogP contribution is -2.52. The third-order valence-corrected chi connectivity index (χ3v) is 8.18. The molecular weight excluding hydrogens is 398 g/mol. The molecule has 0 bridgehead atoms. The summed E-state index contributed by atoms with van der Waals surface area (Å²) in [6, 6.07) is 7.41. The second-order valence-electron chi connectivity index (χ2n) is 7.86. The maximum Gasteiger partial charge on any atom is 0.281 e. The van der Waals surface area contributed by atoms with Crippen LogP contribution in [0.3, 0.4) is 0 Å². The molecule has 6 nitrogen and oxygen atoms in total. The van der Waals surface area contributed by atoms with Gasteiger partial charge in [0.2, 0.25) is 5.91 Å². The third kappa shape index (κ3) is 5.26. The second kappa shape index (κ2) is 9.57. The third-order valence-electron chi connectivity index (χ3n) is 5.91. The summed E-state index contributed by atoms with van der Waals surface area (Å²) >= 11 is 5.88. The van der Waals surface area contributed by atoms with Crippen LogP contribution in [0.2, 0.25) is 5.02 Å². The predicted molar refractivity (Wildman–Crippen MR) is 111 cm³/mol. The van der Waals surface area contributed by atoms with Crippen LogP contribution in [0.1, 0.15) is 50.5 Å². The molecule has 2 aliphatic rings. The highest BCUT2D eigenvalue weighted by molar-refractivity contribution is 7.86. The minimum atomic E-state index is -3.53. The lowest BCUT2D eigenvalue weighted by molar-refractivity contribution is -0.126. The maximum absolute atomic E-state index is 13.1. The summed E-state index contributed by atoms with van der Waals surface area (Å²) in [5.41, 5.74) is 0.968. The number of hydrogen-bond acceptors (Lipinski definition) is 3. The van der Waals surface area contributed by atoms with Gasteiger partial charge in [-0.2, -0.15) is 17.0 Å². The van der Waals surface area contributed by atoms with E-state index in [0.717, 1.165) is 31.2 Å². The molecule has 1 aromatic carbocycles. The summed E-state index contributed by atoms with van der Waals surface area (Å²) in [7, 11) is -1.84. The number of halogens is 1. The number of nitrogens with zero attached hydrogens (tertiary/aromatic N) is 2. The van der Waals surface area contributed by atoms with E-state index in [4.69, 9.17) is 11.6 Å². The van der Waals surface area contributed by atoms with Crippen LogP contribution >= 0.6 is 11.6 Å². The average Bonchev–Trinajstić information content (AvgIpc) is 2.73. The monoisotopic (exact) mass is 427 g/mol. The molecule has 1 saturated heterocycles. The van der Waals surface area contributed by atoms with Crippen molar-refractivity contribution in [2.24, 2.45) is 5.92 Å². The molecule has 3 rings (SSSR count). The Kier molecular flexibility index (Phi) is 7.36. The summed E-state index contributed by atoms with van der Waals surface area (Å²) < 4.78 is 29.2. The molecule has 0 spiro atoms. The number of carbonyl (C=O) groups is 1. The minimum Gasteiger partial charge on any atom is -0.352 e. The van der Waals surface area contributed by atoms with E-state index in [1.807, 2.05) is 12.1 Å². The van der Waals surface area contributed by atoms with Gasteiger partial charge in [0.05, 0.1) is 5.92 Å². The normalized spacial score (nSPS) is 22.3. The molecule has 28 heavy (non-hydrogen) atoms. The first-order valence-corrected chi connectivity index (χ1v) is 11.9. The molecule has 1 atom stereocenters. The van der Waals surface area contributed by atoms with E-state index >= 15 is 0 Å². The lowest BCUT2D eigenvalue weighted by Gasteiger charge is -2.37. The number of benzene rings is 1. The fourth-order valence-electron chi connectivity index (χ4n) is 4.12. The van der Waals surface area contributed by atoms with Crippen molar-refractivity contribution in [1.29, 1.82) is 0 Å². The van der Waals surface area contributed by atoms with Gasteiger partial charge in [-0.3, -0.25) is 4.79 Å². The number of piperidine rings is 1. The Bertz CT molecular complexity index is 763. The largest absolute Gasteiger partial charge is 0.352 e. The van der Waals surface area contributed by atoms with E-state index in [0.29, 0.717) is 31.0 Å². The molecule has 0 aromatic heterocycles. The van der Waals surface area contributed by atoms with Gasteiger partial charge in [-0.15, -0.1) is 0 Å². The van der Waals surface area contributed by atoms with E-state index in [-0.39, 0.29) is 24.4 Å². The van der Waals surface area contributed by atoms with E-state index < -0.39 is 10.2 Å². The van der Waals surface area contributed by atoms with Crippen molar-refractivity contribution in [2.45, 2.75) is 57.5 Å². The Hall–Kier alpha value is -1.15. The van der Waals surface area contributed by atoms with Gasteiger partial charge >= 0.3 is 0 Å². The van der Waals surface area contributed by atoms with E-state index in [9.17, 15) is 13.2 Å². The summed E-state index contributed by atoms with van der Waals surface area (Å²) in [5.74, 6) is -0.397. The van der Waals surface area contributed by atoms with Crippen molar-refractivity contribution in [3.63, 3.8) is 0 Å². The fraction of sp³-hybridized carbons (Fsp3) is 0.650. The Morgan fingerprint density at radius 3 is 2.50 bits per heavy atom. The maximum atomic E-state index is 13.1. The van der Waals surface area contributed by atoms with Gasteiger partial charge in [-0.1, -0.05) is 43.0 Å². The fourth-order valence-corrected chi connectivity index (χ4v) is 5.92. The van der Waals surface area contributed by atoms with E-state index in [1.165, 1.54) is 10.7 Å². The zero-order chi connectivity index (χ0) is 20.1. The van der Waals surface area contributed by atoms with Crippen molar-refractivity contribution in [1.82, 2.24) is 13.9 Å². The van der Waals surface area contributed by atoms with Crippen LogP contribution in [0, 0.1) is 5.92 Å². The molecule has 8 heteroatoms. The molecule has 1 aliphatic heterocycles. The summed E-state index contributed by atoms with van der Waals surface area (Å²) in [4.78, 5) is 12.6. The standard InChI is InChI=1S/C20H30ClN3O3S/c1-23(19-7-3-2-4-8-19)28(26,27)24-13-5-6-17(15-24)20(25)22-14-16-9-11-18(21)12-10-16/h9-12,17,19H,2-8,13-15H2,1H3,(H,22,25)/t17-/m0/s1. The van der Waals surface area contributed by atoms with Crippen LogP contribution in [0.25, 0.3) is 0 Å². The molecular formula is C20H30ClN3O3S. The summed E-state index contributed by atoms with van der Waals surface area (Å²) in [5, 5.41) is 3.59. The number of nitrogens with one attached hydrogen (secondary N) is 1. The van der Waals surface area contributed by atoms with Gasteiger partial charge in [0.1, 0.15) is 0 Å². The Labute approximate surface area is 173 Å². The van der Waals surface area contributed by atoms with Gasteiger partial charge in [0, 0.05) is 37.7 Å². The topological polar surface area (TPSA) is 69.7 Å². The van der Waals surface area contributed by atoms with Crippen LogP contribution < -0.4 is 5.32 Å². The van der Waals surface area contributed by atoms with Crippen LogP contribution in [-0.2, 0) is 21.5 Å². The Morgan fingerprint density at radius 2 is 1.82 bits per heavy atom. The number of amides is 1. The van der Waals surface area contributed by atoms with Gasteiger partial charge in [0.15, 0.2) is 0 Å². The summed E-state index contributed by atoms with van der Waals surface area (Å²) in [6.45, 7) is 1.16. The predicted octanol–water partition coefficient (Wildman–Crippen LogP) is 3.18. The van der Waals surface area contributed by atoms with Crippen molar-refractivity contribution in [3.05, 3.63) is 34.9 Å². The van der Waals surface area contributed by atoms with Crippen molar-refractivity contribution in [3.8, 4) is 0 Å². The smallest absolute Gasteiger partial charge is 0.281 e. The van der Waals surface area contributed by atoms with Gasteiger partial charge in [-0.25, -0.2) is 0 Å². The quantitative estimate of drug-likeness (QED) is 0.757. The average molecular weight is 428 g/mol. The van der Waals surface area contributed by atoms with Crippen molar-refractivity contribution < 1.29 is 13.2 Å². The van der Waals surface area contributed by atoms with Crippen LogP contribution in [0.5, 0.6) is 0 Å². The highest BCUT2D eigenvalue weighted by Crippen LogP contribution is 2.27. The summed E-state index contributed by atoms with van der Waals surface area (Å²) in [6.07, 6.45) is 6.62. The molecule has 1 N–H and O–H groups in total. The molecule has 0 radical (unpaired) electrons. The second-order valence-corrected chi connectivity index (χ2v) is 10.3. The van der Waals surface area contributed by atoms with Crippen molar-refractivity contribution in [2.75, 3.05) is 20.1 Å². The molecule has 2 fully saturated rings. The molecule has 0 unspecified atom stereocenters. The van der Waals surface area contributed by atoms with Gasteiger partial charge in [-0.05, 0) is 43.4 Å². The van der Waals surface area contributed by atoms with Crippen LogP contribution in [0.15, 0.2) is 24.3 Å². The van der Waals surface area contributed by atoms with Gasteiger partial charge < -0.3 is 5.32 Å². The van der Waals surface area contributed by atoms with E-state index in [1.54, 1.807) is 23.5 Å². The molecule has 156 valence electrons. The highest BCUT2D eigenvalue weighted by Gasteiger charge is 2.37. The molecule has 1 amide bonds. The van der Waals surface area contributed by atoms with Crippen LogP contribution in [0.4, 0.5) is 0 Å². The Morgan fingerprint density at radius 1 is 1.14 bits per heavy atom. The zero-order valence-electron chi connectivity index (χ0n) is 16.4. The van der Waals surface area contributed by atoms with Crippen LogP contribution in [-0.4, -0.2) is 49.1 Å². The first-order valence-electron chi connectivity index (χ1n) is 10.1. The molecule has 1 aliphatic carbocycles. The minimum absolute atomic E-state index is 0.0813. The molecule has 1 aromatic rings. The Balaban J connectivity index is 1.57. The van der Waals surface area contributed by atoms with Crippen molar-refractivity contribution >= 4 is 27.7 Å². The molecule has 1 saturated carbocycles. The zero-order valence-corrected chi connectivity index (χ0v) is 18.0. The molecule has 1 heterocycles.